The van der Waals surface area contributed by atoms with Crippen molar-refractivity contribution in [1.82, 2.24) is 9.55 Å². The fraction of sp³-hybridized carbons (Fsp3) is 0.462. The Hall–Kier alpha value is -1.23. The quantitative estimate of drug-likeness (QED) is 0.767. The van der Waals surface area contributed by atoms with E-state index in [-0.39, 0.29) is 17.6 Å². The Bertz CT molecular complexity index is 620. The zero-order chi connectivity index (χ0) is 13.6. The summed E-state index contributed by atoms with van der Waals surface area (Å²) in [6.45, 7) is 0. The second-order valence-electron chi connectivity index (χ2n) is 4.87. The summed E-state index contributed by atoms with van der Waals surface area (Å²) < 4.78 is 40.5. The number of pyridine rings is 1. The van der Waals surface area contributed by atoms with E-state index < -0.39 is 12.2 Å². The van der Waals surface area contributed by atoms with Gasteiger partial charge in [0, 0.05) is 24.0 Å². The van der Waals surface area contributed by atoms with Crippen molar-refractivity contribution in [3.63, 3.8) is 0 Å². The number of halogens is 4. The SMILES string of the molecule is Fc1cc2c(CC(F)F)cn(C3CCC3)c2nc1Cl. The summed E-state index contributed by atoms with van der Waals surface area (Å²) in [5, 5.41) is 0.226. The van der Waals surface area contributed by atoms with E-state index in [1.165, 1.54) is 6.07 Å². The van der Waals surface area contributed by atoms with Gasteiger partial charge in [0.25, 0.3) is 0 Å². The van der Waals surface area contributed by atoms with Crippen LogP contribution in [-0.4, -0.2) is 16.0 Å². The van der Waals surface area contributed by atoms with E-state index in [9.17, 15) is 13.2 Å². The van der Waals surface area contributed by atoms with Crippen LogP contribution in [0, 0.1) is 5.82 Å². The molecule has 0 N–H and O–H groups in total. The van der Waals surface area contributed by atoms with Crippen LogP contribution in [0.2, 0.25) is 5.15 Å². The van der Waals surface area contributed by atoms with Gasteiger partial charge < -0.3 is 4.57 Å². The van der Waals surface area contributed by atoms with Gasteiger partial charge in [-0.15, -0.1) is 0 Å². The van der Waals surface area contributed by atoms with Gasteiger partial charge in [0.2, 0.25) is 6.43 Å². The highest BCUT2D eigenvalue weighted by Crippen LogP contribution is 2.36. The van der Waals surface area contributed by atoms with Gasteiger partial charge in [-0.05, 0) is 30.9 Å². The summed E-state index contributed by atoms with van der Waals surface area (Å²) in [7, 11) is 0. The first-order valence-corrected chi connectivity index (χ1v) is 6.57. The third-order valence-corrected chi connectivity index (χ3v) is 3.91. The minimum Gasteiger partial charge on any atom is -0.329 e. The van der Waals surface area contributed by atoms with Crippen LogP contribution in [0.3, 0.4) is 0 Å². The van der Waals surface area contributed by atoms with Crippen molar-refractivity contribution in [2.24, 2.45) is 0 Å². The van der Waals surface area contributed by atoms with Gasteiger partial charge in [-0.3, -0.25) is 0 Å². The monoisotopic (exact) mass is 288 g/mol. The smallest absolute Gasteiger partial charge is 0.242 e. The molecule has 1 fully saturated rings. The highest BCUT2D eigenvalue weighted by atomic mass is 35.5. The molecule has 0 aliphatic heterocycles. The molecule has 102 valence electrons. The summed E-state index contributed by atoms with van der Waals surface area (Å²) in [5.41, 5.74) is 0.937. The Kier molecular flexibility index (Phi) is 3.17. The lowest BCUT2D eigenvalue weighted by molar-refractivity contribution is 0.149. The summed E-state index contributed by atoms with van der Waals surface area (Å²) in [6.07, 6.45) is 1.92. The van der Waals surface area contributed by atoms with E-state index in [1.807, 2.05) is 4.57 Å². The highest BCUT2D eigenvalue weighted by Gasteiger charge is 2.24. The second kappa shape index (κ2) is 4.71. The van der Waals surface area contributed by atoms with E-state index in [2.05, 4.69) is 4.98 Å². The number of nitrogens with zero attached hydrogens (tertiary/aromatic N) is 2. The minimum atomic E-state index is -2.46. The molecule has 0 radical (unpaired) electrons. The Balaban J connectivity index is 2.16. The number of rotatable bonds is 3. The van der Waals surface area contributed by atoms with Gasteiger partial charge in [0.15, 0.2) is 11.0 Å². The molecule has 0 bridgehead atoms. The molecule has 0 aromatic carbocycles. The largest absolute Gasteiger partial charge is 0.329 e. The van der Waals surface area contributed by atoms with Crippen LogP contribution in [0.4, 0.5) is 13.2 Å². The maximum Gasteiger partial charge on any atom is 0.242 e. The molecule has 19 heavy (non-hydrogen) atoms. The topological polar surface area (TPSA) is 17.8 Å². The van der Waals surface area contributed by atoms with E-state index in [0.29, 0.717) is 16.6 Å². The van der Waals surface area contributed by atoms with Crippen LogP contribution < -0.4 is 0 Å². The molecular weight excluding hydrogens is 277 g/mol. The molecule has 1 aliphatic carbocycles. The number of hydrogen-bond acceptors (Lipinski definition) is 1. The summed E-state index contributed by atoms with van der Waals surface area (Å²) in [5.74, 6) is -0.670. The van der Waals surface area contributed by atoms with Crippen LogP contribution in [0.15, 0.2) is 12.3 Å². The second-order valence-corrected chi connectivity index (χ2v) is 5.23. The molecule has 0 amide bonds. The van der Waals surface area contributed by atoms with E-state index in [4.69, 9.17) is 11.6 Å². The van der Waals surface area contributed by atoms with Gasteiger partial charge in [-0.1, -0.05) is 11.6 Å². The van der Waals surface area contributed by atoms with E-state index in [1.54, 1.807) is 6.20 Å². The number of alkyl halides is 2. The molecule has 0 saturated heterocycles. The molecule has 3 rings (SSSR count). The Morgan fingerprint density at radius 3 is 2.74 bits per heavy atom. The Morgan fingerprint density at radius 2 is 2.16 bits per heavy atom. The van der Waals surface area contributed by atoms with Gasteiger partial charge >= 0.3 is 0 Å². The Morgan fingerprint density at radius 1 is 1.42 bits per heavy atom. The summed E-state index contributed by atoms with van der Waals surface area (Å²) in [4.78, 5) is 4.01. The standard InChI is InChI=1S/C13H12ClF3N2/c14-12-10(15)5-9-7(4-11(16)17)6-19(13(9)18-12)8-2-1-3-8/h5-6,8,11H,1-4H2. The van der Waals surface area contributed by atoms with Gasteiger partial charge in [0.05, 0.1) is 0 Å². The van der Waals surface area contributed by atoms with Crippen LogP contribution in [0.25, 0.3) is 11.0 Å². The highest BCUT2D eigenvalue weighted by molar-refractivity contribution is 6.29. The zero-order valence-electron chi connectivity index (χ0n) is 10.0. The lowest BCUT2D eigenvalue weighted by Gasteiger charge is -2.27. The van der Waals surface area contributed by atoms with Gasteiger partial charge in [-0.25, -0.2) is 18.2 Å². The van der Waals surface area contributed by atoms with E-state index >= 15 is 0 Å². The Labute approximate surface area is 113 Å². The first kappa shape index (κ1) is 12.8. The summed E-state index contributed by atoms with van der Waals surface area (Å²) >= 11 is 5.69. The van der Waals surface area contributed by atoms with Gasteiger partial charge in [-0.2, -0.15) is 0 Å². The number of aromatic nitrogens is 2. The van der Waals surface area contributed by atoms with Crippen LogP contribution >= 0.6 is 11.6 Å². The van der Waals surface area contributed by atoms with E-state index in [0.717, 1.165) is 19.3 Å². The van der Waals surface area contributed by atoms with Crippen LogP contribution in [-0.2, 0) is 6.42 Å². The molecule has 0 unspecified atom stereocenters. The van der Waals surface area contributed by atoms with Crippen LogP contribution in [0.5, 0.6) is 0 Å². The lowest BCUT2D eigenvalue weighted by Crippen LogP contribution is -2.16. The summed E-state index contributed by atoms with van der Waals surface area (Å²) in [6, 6.07) is 1.47. The van der Waals surface area contributed by atoms with Crippen molar-refractivity contribution in [1.29, 1.82) is 0 Å². The normalized spacial score (nSPS) is 16.3. The van der Waals surface area contributed by atoms with Crippen molar-refractivity contribution in [3.05, 3.63) is 28.8 Å². The molecule has 2 heterocycles. The molecule has 6 heteroatoms. The van der Waals surface area contributed by atoms with Crippen molar-refractivity contribution < 1.29 is 13.2 Å². The molecule has 2 nitrogen and oxygen atoms in total. The van der Waals surface area contributed by atoms with Gasteiger partial charge in [0.1, 0.15) is 5.65 Å². The molecule has 1 saturated carbocycles. The first-order valence-electron chi connectivity index (χ1n) is 6.20. The van der Waals surface area contributed by atoms with Crippen molar-refractivity contribution in [2.45, 2.75) is 38.2 Å². The number of fused-ring (bicyclic) bond motifs is 1. The minimum absolute atomic E-state index is 0.213. The van der Waals surface area contributed by atoms with Crippen molar-refractivity contribution >= 4 is 22.6 Å². The number of hydrogen-bond donors (Lipinski definition) is 0. The maximum absolute atomic E-state index is 13.5. The predicted octanol–water partition coefficient (Wildman–Crippen LogP) is 4.36. The molecule has 1 aliphatic rings. The maximum atomic E-state index is 13.5. The van der Waals surface area contributed by atoms with Crippen LogP contribution in [0.1, 0.15) is 30.9 Å². The third kappa shape index (κ3) is 2.20. The third-order valence-electron chi connectivity index (χ3n) is 3.64. The molecular formula is C13H12ClF3N2. The predicted molar refractivity (Wildman–Crippen MR) is 67.3 cm³/mol. The molecule has 2 aromatic rings. The molecule has 0 spiro atoms. The van der Waals surface area contributed by atoms with Crippen molar-refractivity contribution in [3.8, 4) is 0 Å². The fourth-order valence-corrected chi connectivity index (χ4v) is 2.60. The molecule has 0 atom stereocenters. The fourth-order valence-electron chi connectivity index (χ4n) is 2.46. The zero-order valence-corrected chi connectivity index (χ0v) is 10.8. The first-order chi connectivity index (χ1) is 9.06. The molecule has 2 aromatic heterocycles. The lowest BCUT2D eigenvalue weighted by atomic mass is 9.93. The van der Waals surface area contributed by atoms with Crippen molar-refractivity contribution in [2.75, 3.05) is 0 Å². The average Bonchev–Trinajstić information content (AvgIpc) is 2.55. The average molecular weight is 289 g/mol.